The van der Waals surface area contributed by atoms with E-state index in [4.69, 9.17) is 32.7 Å². The SMILES string of the molecule is CC(C)CCCC(C)[C@H]1CCC2C3CCC4C[C@@H](CCC=C(c5cc(Cl)c(OCc6ccc(-c7cccc(C(=O)O)c7)cc6)c(C(=O)O)c5)c5cc(Cl)c(OCc6ccc(-c7cccc(C(=O)O)c7)cc6)c(C(=O)O)c5)CC[C@]4(C)C3CC[C@@]21C. The molecule has 0 heterocycles. The maximum Gasteiger partial charge on any atom is 0.339 e. The summed E-state index contributed by atoms with van der Waals surface area (Å²) in [4.78, 5) is 49.7. The Bertz CT molecular complexity index is 3300. The van der Waals surface area contributed by atoms with Gasteiger partial charge < -0.3 is 29.9 Å². The number of benzene rings is 6. The van der Waals surface area contributed by atoms with Crippen molar-refractivity contribution in [2.75, 3.05) is 0 Å². The highest BCUT2D eigenvalue weighted by Crippen LogP contribution is 2.69. The molecular weight excluding hydrogens is 1110 g/mol. The molecule has 446 valence electrons. The van der Waals surface area contributed by atoms with E-state index >= 15 is 0 Å². The largest absolute Gasteiger partial charge is 0.486 e. The van der Waals surface area contributed by atoms with Gasteiger partial charge in [-0.1, -0.05) is 156 Å². The highest BCUT2D eigenvalue weighted by atomic mass is 35.5. The summed E-state index contributed by atoms with van der Waals surface area (Å²) in [7, 11) is 0. The molecule has 85 heavy (non-hydrogen) atoms. The minimum atomic E-state index is -1.26. The van der Waals surface area contributed by atoms with E-state index in [1.54, 1.807) is 36.4 Å². The molecule has 0 aromatic heterocycles. The van der Waals surface area contributed by atoms with Crippen molar-refractivity contribution >= 4 is 52.7 Å². The monoisotopic (exact) mass is 1190 g/mol. The molecule has 10 rings (SSSR count). The number of rotatable bonds is 22. The van der Waals surface area contributed by atoms with Crippen LogP contribution in [0.4, 0.5) is 0 Å². The molecule has 0 saturated heterocycles. The molecule has 6 aromatic rings. The average Bonchev–Trinajstić information content (AvgIpc) is 3.83. The van der Waals surface area contributed by atoms with Gasteiger partial charge >= 0.3 is 23.9 Å². The molecule has 4 fully saturated rings. The van der Waals surface area contributed by atoms with Crippen molar-refractivity contribution in [2.45, 2.75) is 138 Å². The molecule has 0 spiro atoms. The Kier molecular flexibility index (Phi) is 18.7. The summed E-state index contributed by atoms with van der Waals surface area (Å²) in [5.41, 5.74) is 6.81. The van der Waals surface area contributed by atoms with Crippen LogP contribution in [0, 0.1) is 58.2 Å². The van der Waals surface area contributed by atoms with Gasteiger partial charge in [-0.15, -0.1) is 0 Å². The first-order valence-electron chi connectivity index (χ1n) is 30.7. The quantitative estimate of drug-likeness (QED) is 0.0514. The highest BCUT2D eigenvalue weighted by molar-refractivity contribution is 6.33. The van der Waals surface area contributed by atoms with Crippen LogP contribution in [-0.2, 0) is 13.2 Å². The third-order valence-corrected chi connectivity index (χ3v) is 21.2. The standard InChI is InChI=1S/C73H80Cl2O10/c1-43(2)10-6-11-44(3)61-28-29-62-58-27-26-56-34-45(30-32-72(56,4)63(58)31-33-73(61,62)5)12-7-17-57(54-37-59(70(80)81)66(64(74)39-54)84-41-46-18-22-48(23-19-46)50-13-8-15-52(35-50)68(76)77)55-38-60(71(82)83)67(65(75)40-55)85-42-47-20-24-49(25-21-47)51-14-9-16-53(36-51)69(78)79/h8-9,13-25,35-40,43-45,56,58,61-63H,6-7,10-12,26-34,41-42H2,1-5H3,(H,76,77)(H,78,79)(H,80,81)(H,82,83)/t44?,45-,56?,58?,61+,62?,63?,72-,73+/m0/s1. The van der Waals surface area contributed by atoms with E-state index < -0.39 is 23.9 Å². The van der Waals surface area contributed by atoms with E-state index in [2.05, 4.69) is 40.7 Å². The molecule has 5 unspecified atom stereocenters. The molecule has 4 N–H and O–H groups in total. The first-order valence-corrected chi connectivity index (χ1v) is 31.4. The number of aromatic carboxylic acids is 4. The molecule has 9 atom stereocenters. The van der Waals surface area contributed by atoms with Crippen LogP contribution in [0.1, 0.15) is 188 Å². The van der Waals surface area contributed by atoms with Crippen LogP contribution in [0.25, 0.3) is 27.8 Å². The number of ether oxygens (including phenoxy) is 2. The molecule has 4 saturated carbocycles. The smallest absolute Gasteiger partial charge is 0.339 e. The van der Waals surface area contributed by atoms with Crippen LogP contribution in [0.3, 0.4) is 0 Å². The van der Waals surface area contributed by atoms with Crippen LogP contribution in [-0.4, -0.2) is 44.3 Å². The maximum atomic E-state index is 13.2. The van der Waals surface area contributed by atoms with Gasteiger partial charge in [0.1, 0.15) is 24.3 Å². The predicted molar refractivity (Wildman–Crippen MR) is 336 cm³/mol. The summed E-state index contributed by atoms with van der Waals surface area (Å²) in [6.07, 6.45) is 19.4. The van der Waals surface area contributed by atoms with Crippen LogP contribution in [0.2, 0.25) is 10.0 Å². The maximum absolute atomic E-state index is 13.2. The molecule has 6 aromatic carbocycles. The summed E-state index contributed by atoms with van der Waals surface area (Å²) >= 11 is 14.1. The molecule has 0 aliphatic heterocycles. The van der Waals surface area contributed by atoms with Crippen LogP contribution >= 0.6 is 23.2 Å². The molecule has 4 aliphatic carbocycles. The third-order valence-electron chi connectivity index (χ3n) is 20.6. The lowest BCUT2D eigenvalue weighted by Crippen LogP contribution is -2.53. The van der Waals surface area contributed by atoms with Crippen molar-refractivity contribution in [3.8, 4) is 33.8 Å². The van der Waals surface area contributed by atoms with Crippen molar-refractivity contribution < 1.29 is 49.1 Å². The summed E-state index contributed by atoms with van der Waals surface area (Å²) in [6, 6.07) is 34.4. The summed E-state index contributed by atoms with van der Waals surface area (Å²) < 4.78 is 12.4. The van der Waals surface area contributed by atoms with Crippen molar-refractivity contribution in [1.29, 1.82) is 0 Å². The number of halogens is 2. The number of carboxylic acids is 4. The zero-order chi connectivity index (χ0) is 60.3. The van der Waals surface area contributed by atoms with Gasteiger partial charge in [0.25, 0.3) is 0 Å². The molecule has 12 heteroatoms. The van der Waals surface area contributed by atoms with E-state index in [-0.39, 0.29) is 57.0 Å². The van der Waals surface area contributed by atoms with Crippen molar-refractivity contribution in [2.24, 2.45) is 58.2 Å². The fourth-order valence-corrected chi connectivity index (χ4v) is 16.7. The number of carbonyl (C=O) groups is 4. The molecular formula is C73H80Cl2O10. The van der Waals surface area contributed by atoms with Crippen LogP contribution in [0.15, 0.2) is 127 Å². The fraction of sp³-hybridized carbons (Fsp3) is 0.425. The van der Waals surface area contributed by atoms with E-state index in [0.717, 1.165) is 81.7 Å². The second kappa shape index (κ2) is 26.0. The third kappa shape index (κ3) is 13.3. The van der Waals surface area contributed by atoms with Gasteiger partial charge in [-0.25, -0.2) is 19.2 Å². The molecule has 10 nitrogen and oxygen atoms in total. The second-order valence-corrected chi connectivity index (χ2v) is 26.9. The van der Waals surface area contributed by atoms with Gasteiger partial charge in [-0.05, 0) is 227 Å². The lowest BCUT2D eigenvalue weighted by molar-refractivity contribution is -0.121. The van der Waals surface area contributed by atoms with E-state index in [1.165, 1.54) is 94.9 Å². The zero-order valence-electron chi connectivity index (χ0n) is 49.6. The van der Waals surface area contributed by atoms with Gasteiger partial charge in [0.05, 0.1) is 21.2 Å². The summed E-state index contributed by atoms with van der Waals surface area (Å²) in [5.74, 6) is 1.40. The summed E-state index contributed by atoms with van der Waals surface area (Å²) in [5, 5.41) is 40.7. The number of allylic oxidation sites excluding steroid dienone is 1. The van der Waals surface area contributed by atoms with Gasteiger partial charge in [-0.3, -0.25) is 0 Å². The average molecular weight is 1190 g/mol. The van der Waals surface area contributed by atoms with Crippen LogP contribution < -0.4 is 9.47 Å². The normalized spacial score (nSPS) is 23.7. The Morgan fingerprint density at radius 3 is 1.59 bits per heavy atom. The minimum absolute atomic E-state index is 0.0114. The number of fused-ring (bicyclic) bond motifs is 5. The molecule has 0 radical (unpaired) electrons. The Hall–Kier alpha value is -6.88. The number of carboxylic acid groups (broad SMARTS) is 4. The Morgan fingerprint density at radius 1 is 0.565 bits per heavy atom. The van der Waals surface area contributed by atoms with Gasteiger partial charge in [-0.2, -0.15) is 0 Å². The molecule has 0 amide bonds. The lowest BCUT2D eigenvalue weighted by atomic mass is 9.44. The highest BCUT2D eigenvalue weighted by Gasteiger charge is 2.60. The Morgan fingerprint density at radius 2 is 1.08 bits per heavy atom. The minimum Gasteiger partial charge on any atom is -0.486 e. The van der Waals surface area contributed by atoms with Gasteiger partial charge in [0.2, 0.25) is 0 Å². The summed E-state index contributed by atoms with van der Waals surface area (Å²) in [6.45, 7) is 12.6. The van der Waals surface area contributed by atoms with Gasteiger partial charge in [0.15, 0.2) is 11.5 Å². The van der Waals surface area contributed by atoms with Crippen molar-refractivity contribution in [3.63, 3.8) is 0 Å². The van der Waals surface area contributed by atoms with Crippen LogP contribution in [0.5, 0.6) is 11.5 Å². The van der Waals surface area contributed by atoms with Crippen molar-refractivity contribution in [1.82, 2.24) is 0 Å². The first-order chi connectivity index (χ1) is 40.7. The first kappa shape index (κ1) is 61.2. The fourth-order valence-electron chi connectivity index (χ4n) is 16.2. The Balaban J connectivity index is 0.891. The Labute approximate surface area is 510 Å². The topological polar surface area (TPSA) is 168 Å². The van der Waals surface area contributed by atoms with Crippen molar-refractivity contribution in [3.05, 3.63) is 182 Å². The lowest BCUT2D eigenvalue weighted by Gasteiger charge is -2.61. The number of hydrogen-bond donors (Lipinski definition) is 4. The van der Waals surface area contributed by atoms with Gasteiger partial charge in [0, 0.05) is 0 Å². The van der Waals surface area contributed by atoms with E-state index in [0.29, 0.717) is 45.8 Å². The molecule has 0 bridgehead atoms. The second-order valence-electron chi connectivity index (χ2n) is 26.0. The molecule has 4 aliphatic rings. The predicted octanol–water partition coefficient (Wildman–Crippen LogP) is 19.2. The zero-order valence-corrected chi connectivity index (χ0v) is 51.1. The number of hydrogen-bond acceptors (Lipinski definition) is 6. The van der Waals surface area contributed by atoms with E-state index in [1.807, 2.05) is 60.7 Å². The van der Waals surface area contributed by atoms with E-state index in [9.17, 15) is 39.6 Å².